The average Bonchev–Trinajstić information content (AvgIpc) is 2.77. The lowest BCUT2D eigenvalue weighted by Crippen LogP contribution is -1.81. The summed E-state index contributed by atoms with van der Waals surface area (Å²) in [4.78, 5) is 4.28. The highest BCUT2D eigenvalue weighted by Crippen LogP contribution is 2.08. The van der Waals surface area contributed by atoms with Crippen LogP contribution < -0.4 is 0 Å². The van der Waals surface area contributed by atoms with Crippen LogP contribution in [0.1, 0.15) is 40.3 Å². The first-order valence-corrected chi connectivity index (χ1v) is 5.82. The van der Waals surface area contributed by atoms with Crippen LogP contribution in [-0.4, -0.2) is 9.38 Å². The molecule has 2 rings (SSSR count). The smallest absolute Gasteiger partial charge is 0.0995 e. The average molecular weight is 206 g/mol. The minimum absolute atomic E-state index is 1.00. The SMILES string of the molecule is CC.CC.CCc1ncn2ccccc12. The standard InChI is InChI=1S/C9H10N2.2C2H6/c1-2-8-9-5-3-4-6-11(9)7-10-8;2*1-2/h3-7H,2H2,1H3;2*1-2H3. The van der Waals surface area contributed by atoms with Gasteiger partial charge in [-0.2, -0.15) is 0 Å². The predicted molar refractivity (Wildman–Crippen MR) is 67.3 cm³/mol. The number of hydrogen-bond acceptors (Lipinski definition) is 1. The Bertz CT molecular complexity index is 363. The van der Waals surface area contributed by atoms with E-state index in [9.17, 15) is 0 Å². The highest BCUT2D eigenvalue weighted by Gasteiger charge is 1.98. The number of imidazole rings is 1. The molecule has 2 heteroatoms. The Labute approximate surface area is 93.0 Å². The summed E-state index contributed by atoms with van der Waals surface area (Å²) >= 11 is 0. The molecule has 0 saturated heterocycles. The van der Waals surface area contributed by atoms with Gasteiger partial charge < -0.3 is 4.40 Å². The molecule has 0 aromatic carbocycles. The third kappa shape index (κ3) is 3.39. The molecule has 84 valence electrons. The van der Waals surface area contributed by atoms with Crippen LogP contribution >= 0.6 is 0 Å². The maximum atomic E-state index is 4.28. The van der Waals surface area contributed by atoms with Gasteiger partial charge in [0, 0.05) is 6.20 Å². The second-order valence-corrected chi connectivity index (χ2v) is 2.54. The first kappa shape index (κ1) is 13.7. The van der Waals surface area contributed by atoms with Crippen molar-refractivity contribution in [1.82, 2.24) is 9.38 Å². The zero-order valence-electron chi connectivity index (χ0n) is 10.5. The van der Waals surface area contributed by atoms with Gasteiger partial charge in [-0.1, -0.05) is 40.7 Å². The third-order valence-electron chi connectivity index (χ3n) is 1.86. The molecule has 0 amide bonds. The first-order chi connectivity index (χ1) is 7.42. The van der Waals surface area contributed by atoms with Crippen molar-refractivity contribution in [3.8, 4) is 0 Å². The van der Waals surface area contributed by atoms with E-state index in [0.717, 1.165) is 6.42 Å². The summed E-state index contributed by atoms with van der Waals surface area (Å²) in [5.41, 5.74) is 2.39. The van der Waals surface area contributed by atoms with Crippen LogP contribution in [0.3, 0.4) is 0 Å². The van der Waals surface area contributed by atoms with Crippen LogP contribution in [0, 0.1) is 0 Å². The molecule has 0 aliphatic heterocycles. The fraction of sp³-hybridized carbons (Fsp3) is 0.462. The lowest BCUT2D eigenvalue weighted by Gasteiger charge is -1.92. The summed E-state index contributed by atoms with van der Waals surface area (Å²) in [6.07, 6.45) is 4.87. The molecule has 2 nitrogen and oxygen atoms in total. The number of aromatic nitrogens is 2. The van der Waals surface area contributed by atoms with Crippen molar-refractivity contribution in [2.45, 2.75) is 41.0 Å². The molecule has 0 spiro atoms. The molecular formula is C13H22N2. The van der Waals surface area contributed by atoms with Gasteiger partial charge in [0.1, 0.15) is 0 Å². The molecule has 2 aromatic rings. The monoisotopic (exact) mass is 206 g/mol. The molecule has 0 aliphatic rings. The van der Waals surface area contributed by atoms with Gasteiger partial charge >= 0.3 is 0 Å². The van der Waals surface area contributed by atoms with Crippen molar-refractivity contribution in [2.24, 2.45) is 0 Å². The molecule has 2 heterocycles. The van der Waals surface area contributed by atoms with Crippen molar-refractivity contribution in [3.63, 3.8) is 0 Å². The Hall–Kier alpha value is -1.31. The van der Waals surface area contributed by atoms with Crippen molar-refractivity contribution >= 4 is 5.52 Å². The van der Waals surface area contributed by atoms with Crippen molar-refractivity contribution in [1.29, 1.82) is 0 Å². The van der Waals surface area contributed by atoms with Crippen molar-refractivity contribution < 1.29 is 0 Å². The lowest BCUT2D eigenvalue weighted by molar-refractivity contribution is 1.07. The van der Waals surface area contributed by atoms with Gasteiger partial charge in [0.25, 0.3) is 0 Å². The van der Waals surface area contributed by atoms with E-state index >= 15 is 0 Å². The fourth-order valence-corrected chi connectivity index (χ4v) is 1.27. The maximum Gasteiger partial charge on any atom is 0.0995 e. The minimum atomic E-state index is 1.00. The molecule has 2 aromatic heterocycles. The number of rotatable bonds is 1. The Morgan fingerprint density at radius 1 is 1.13 bits per heavy atom. The van der Waals surface area contributed by atoms with Crippen LogP contribution in [-0.2, 0) is 6.42 Å². The number of fused-ring (bicyclic) bond motifs is 1. The highest BCUT2D eigenvalue weighted by molar-refractivity contribution is 5.51. The van der Waals surface area contributed by atoms with E-state index < -0.39 is 0 Å². The summed E-state index contributed by atoms with van der Waals surface area (Å²) in [6.45, 7) is 10.1. The lowest BCUT2D eigenvalue weighted by atomic mass is 10.3. The largest absolute Gasteiger partial charge is 0.306 e. The van der Waals surface area contributed by atoms with Gasteiger partial charge in [0.15, 0.2) is 0 Å². The topological polar surface area (TPSA) is 17.3 Å². The third-order valence-corrected chi connectivity index (χ3v) is 1.86. The van der Waals surface area contributed by atoms with E-state index in [1.807, 2.05) is 56.8 Å². The second-order valence-electron chi connectivity index (χ2n) is 2.54. The number of nitrogens with zero attached hydrogens (tertiary/aromatic N) is 2. The quantitative estimate of drug-likeness (QED) is 0.690. The minimum Gasteiger partial charge on any atom is -0.306 e. The summed E-state index contributed by atoms with van der Waals surface area (Å²) in [6, 6.07) is 6.14. The van der Waals surface area contributed by atoms with Crippen LogP contribution in [0.4, 0.5) is 0 Å². The number of hydrogen-bond donors (Lipinski definition) is 0. The van der Waals surface area contributed by atoms with E-state index in [2.05, 4.69) is 18.0 Å². The molecular weight excluding hydrogens is 184 g/mol. The van der Waals surface area contributed by atoms with Crippen molar-refractivity contribution in [3.05, 3.63) is 36.4 Å². The predicted octanol–water partition coefficient (Wildman–Crippen LogP) is 3.95. The van der Waals surface area contributed by atoms with Gasteiger partial charge in [-0.3, -0.25) is 0 Å². The normalized spacial score (nSPS) is 8.60. The molecule has 0 atom stereocenters. The van der Waals surface area contributed by atoms with Gasteiger partial charge in [0.2, 0.25) is 0 Å². The van der Waals surface area contributed by atoms with E-state index in [1.165, 1.54) is 11.2 Å². The zero-order chi connectivity index (χ0) is 11.7. The molecule has 0 aliphatic carbocycles. The molecule has 0 N–H and O–H groups in total. The Morgan fingerprint density at radius 2 is 1.80 bits per heavy atom. The summed E-state index contributed by atoms with van der Waals surface area (Å²) in [5, 5.41) is 0. The summed E-state index contributed by atoms with van der Waals surface area (Å²) in [7, 11) is 0. The molecule has 0 unspecified atom stereocenters. The molecule has 0 fully saturated rings. The maximum absolute atomic E-state index is 4.28. The molecule has 0 bridgehead atoms. The molecule has 15 heavy (non-hydrogen) atoms. The molecule has 0 saturated carbocycles. The van der Waals surface area contributed by atoms with Crippen LogP contribution in [0.15, 0.2) is 30.7 Å². The van der Waals surface area contributed by atoms with Gasteiger partial charge in [-0.25, -0.2) is 4.98 Å². The van der Waals surface area contributed by atoms with Gasteiger partial charge in [0.05, 0.1) is 17.5 Å². The number of aryl methyl sites for hydroxylation is 1. The highest BCUT2D eigenvalue weighted by atomic mass is 15.0. The van der Waals surface area contributed by atoms with Crippen LogP contribution in [0.2, 0.25) is 0 Å². The van der Waals surface area contributed by atoms with Gasteiger partial charge in [-0.05, 0) is 18.6 Å². The van der Waals surface area contributed by atoms with E-state index in [-0.39, 0.29) is 0 Å². The fourth-order valence-electron chi connectivity index (χ4n) is 1.27. The number of pyridine rings is 1. The molecule has 0 radical (unpaired) electrons. The van der Waals surface area contributed by atoms with Crippen molar-refractivity contribution in [2.75, 3.05) is 0 Å². The summed E-state index contributed by atoms with van der Waals surface area (Å²) < 4.78 is 2.04. The Balaban J connectivity index is 0.000000442. The Morgan fingerprint density at radius 3 is 2.40 bits per heavy atom. The second kappa shape index (κ2) is 8.04. The van der Waals surface area contributed by atoms with Crippen LogP contribution in [0.5, 0.6) is 0 Å². The van der Waals surface area contributed by atoms with E-state index in [0.29, 0.717) is 0 Å². The first-order valence-electron chi connectivity index (χ1n) is 5.82. The van der Waals surface area contributed by atoms with E-state index in [4.69, 9.17) is 0 Å². The zero-order valence-corrected chi connectivity index (χ0v) is 10.5. The van der Waals surface area contributed by atoms with Crippen LogP contribution in [0.25, 0.3) is 5.52 Å². The Kier molecular flexibility index (Phi) is 7.33. The summed E-state index contributed by atoms with van der Waals surface area (Å²) in [5.74, 6) is 0. The van der Waals surface area contributed by atoms with Gasteiger partial charge in [-0.15, -0.1) is 0 Å². The van der Waals surface area contributed by atoms with E-state index in [1.54, 1.807) is 0 Å².